The van der Waals surface area contributed by atoms with Crippen molar-refractivity contribution in [3.05, 3.63) is 81.7 Å². The first kappa shape index (κ1) is 25.2. The maximum absolute atomic E-state index is 13.1. The highest BCUT2D eigenvalue weighted by Gasteiger charge is 2.27. The zero-order chi connectivity index (χ0) is 25.5. The number of carbonyl (C=O) groups is 1. The van der Waals surface area contributed by atoms with Gasteiger partial charge in [0.05, 0.1) is 12.6 Å². The molecule has 3 aromatic heterocycles. The number of fused-ring (bicyclic) bond motifs is 1. The van der Waals surface area contributed by atoms with Gasteiger partial charge >= 0.3 is 5.97 Å². The summed E-state index contributed by atoms with van der Waals surface area (Å²) in [7, 11) is 0. The zero-order valence-corrected chi connectivity index (χ0v) is 20.8. The van der Waals surface area contributed by atoms with E-state index in [-0.39, 0.29) is 24.8 Å². The van der Waals surface area contributed by atoms with Gasteiger partial charge in [0.1, 0.15) is 6.54 Å². The fraction of sp³-hybridized carbons (Fsp3) is 0.385. The summed E-state index contributed by atoms with van der Waals surface area (Å²) in [6, 6.07) is 11.6. The molecule has 0 saturated carbocycles. The SMILES string of the molecule is CCC[C@H](c1nnnn1CC(=O)OCC)N(Cc1cccnc1)Cc1cc2cc(C)ccc2[nH]c1=O. The number of ether oxygens (including phenoxy) is 1. The van der Waals surface area contributed by atoms with E-state index >= 15 is 0 Å². The van der Waals surface area contributed by atoms with Crippen molar-refractivity contribution < 1.29 is 9.53 Å². The largest absolute Gasteiger partial charge is 0.465 e. The third kappa shape index (κ3) is 6.01. The number of benzene rings is 1. The molecule has 0 spiro atoms. The molecule has 1 aromatic carbocycles. The second kappa shape index (κ2) is 11.7. The lowest BCUT2D eigenvalue weighted by Crippen LogP contribution is -2.33. The molecule has 0 saturated heterocycles. The molecule has 4 rings (SSSR count). The minimum absolute atomic E-state index is 0.0764. The Morgan fingerprint density at radius 3 is 2.81 bits per heavy atom. The number of H-pyrrole nitrogens is 1. The first-order valence-electron chi connectivity index (χ1n) is 12.2. The summed E-state index contributed by atoms with van der Waals surface area (Å²) in [5.74, 6) is 0.156. The van der Waals surface area contributed by atoms with Crippen molar-refractivity contribution in [3.63, 3.8) is 0 Å². The van der Waals surface area contributed by atoms with Crippen LogP contribution in [0.15, 0.2) is 53.6 Å². The number of carbonyl (C=O) groups excluding carboxylic acids is 1. The highest BCUT2D eigenvalue weighted by molar-refractivity contribution is 5.79. The lowest BCUT2D eigenvalue weighted by Gasteiger charge is -2.30. The van der Waals surface area contributed by atoms with E-state index in [9.17, 15) is 9.59 Å². The van der Waals surface area contributed by atoms with Crippen LogP contribution in [0.25, 0.3) is 10.9 Å². The number of tetrazole rings is 1. The van der Waals surface area contributed by atoms with Crippen LogP contribution in [0.5, 0.6) is 0 Å². The van der Waals surface area contributed by atoms with Gasteiger partial charge in [-0.05, 0) is 65.9 Å². The van der Waals surface area contributed by atoms with Gasteiger partial charge in [-0.15, -0.1) is 5.10 Å². The first-order valence-corrected chi connectivity index (χ1v) is 12.2. The number of hydrogen-bond donors (Lipinski definition) is 1. The van der Waals surface area contributed by atoms with E-state index < -0.39 is 5.97 Å². The minimum Gasteiger partial charge on any atom is -0.465 e. The van der Waals surface area contributed by atoms with Crippen LogP contribution >= 0.6 is 0 Å². The van der Waals surface area contributed by atoms with E-state index in [0.717, 1.165) is 34.9 Å². The number of aryl methyl sites for hydroxylation is 1. The highest BCUT2D eigenvalue weighted by Crippen LogP contribution is 2.28. The third-order valence-electron chi connectivity index (χ3n) is 6.00. The molecule has 0 aliphatic heterocycles. The number of esters is 1. The van der Waals surface area contributed by atoms with Crippen LogP contribution in [-0.2, 0) is 29.2 Å². The van der Waals surface area contributed by atoms with Gasteiger partial charge in [0, 0.05) is 36.6 Å². The number of pyridine rings is 2. The highest BCUT2D eigenvalue weighted by atomic mass is 16.5. The topological polar surface area (TPSA) is 119 Å². The lowest BCUT2D eigenvalue weighted by molar-refractivity contribution is -0.144. The van der Waals surface area contributed by atoms with Crippen LogP contribution in [0, 0.1) is 6.92 Å². The average molecular weight is 490 g/mol. The second-order valence-electron chi connectivity index (χ2n) is 8.78. The van der Waals surface area contributed by atoms with Crippen LogP contribution in [0.2, 0.25) is 0 Å². The third-order valence-corrected chi connectivity index (χ3v) is 6.00. The van der Waals surface area contributed by atoms with Gasteiger partial charge in [-0.2, -0.15) is 0 Å². The van der Waals surface area contributed by atoms with Gasteiger partial charge in [0.15, 0.2) is 5.82 Å². The minimum atomic E-state index is -0.401. The fourth-order valence-electron chi connectivity index (χ4n) is 4.35. The Kier molecular flexibility index (Phi) is 8.17. The predicted molar refractivity (Wildman–Crippen MR) is 135 cm³/mol. The van der Waals surface area contributed by atoms with Gasteiger partial charge in [-0.1, -0.05) is 31.0 Å². The summed E-state index contributed by atoms with van der Waals surface area (Å²) in [5, 5.41) is 13.2. The number of nitrogens with one attached hydrogen (secondary N) is 1. The molecule has 4 aromatic rings. The van der Waals surface area contributed by atoms with Gasteiger partial charge in [0.2, 0.25) is 0 Å². The molecule has 0 aliphatic carbocycles. The molecule has 188 valence electrons. The molecule has 0 aliphatic rings. The van der Waals surface area contributed by atoms with Crippen molar-refractivity contribution in [1.29, 1.82) is 0 Å². The van der Waals surface area contributed by atoms with E-state index in [4.69, 9.17) is 4.74 Å². The maximum atomic E-state index is 13.1. The summed E-state index contributed by atoms with van der Waals surface area (Å²) in [6.07, 6.45) is 5.13. The van der Waals surface area contributed by atoms with Crippen LogP contribution in [0.1, 0.15) is 55.2 Å². The molecule has 3 heterocycles. The van der Waals surface area contributed by atoms with Crippen molar-refractivity contribution in [3.8, 4) is 0 Å². The molecular weight excluding hydrogens is 458 g/mol. The Morgan fingerprint density at radius 1 is 1.19 bits per heavy atom. The van der Waals surface area contributed by atoms with Crippen molar-refractivity contribution >= 4 is 16.9 Å². The van der Waals surface area contributed by atoms with Crippen molar-refractivity contribution in [2.24, 2.45) is 0 Å². The van der Waals surface area contributed by atoms with E-state index in [1.807, 2.05) is 43.5 Å². The molecule has 10 heteroatoms. The normalized spacial score (nSPS) is 12.2. The lowest BCUT2D eigenvalue weighted by atomic mass is 10.1. The number of nitrogens with zero attached hydrogens (tertiary/aromatic N) is 6. The number of hydrogen-bond acceptors (Lipinski definition) is 8. The Bertz CT molecular complexity index is 1370. The molecule has 36 heavy (non-hydrogen) atoms. The summed E-state index contributed by atoms with van der Waals surface area (Å²) in [4.78, 5) is 34.7. The Balaban J connectivity index is 1.73. The van der Waals surface area contributed by atoms with Crippen LogP contribution in [-0.4, -0.2) is 47.7 Å². The van der Waals surface area contributed by atoms with E-state index in [2.05, 4.69) is 43.4 Å². The van der Waals surface area contributed by atoms with Crippen LogP contribution < -0.4 is 5.56 Å². The van der Waals surface area contributed by atoms with E-state index in [0.29, 0.717) is 24.5 Å². The van der Waals surface area contributed by atoms with Gasteiger partial charge < -0.3 is 9.72 Å². The van der Waals surface area contributed by atoms with Crippen LogP contribution in [0.3, 0.4) is 0 Å². The second-order valence-corrected chi connectivity index (χ2v) is 8.78. The quantitative estimate of drug-likeness (QED) is 0.319. The number of aromatic amines is 1. The maximum Gasteiger partial charge on any atom is 0.327 e. The standard InChI is InChI=1S/C26H31N7O3/c1-4-7-23(25-29-30-31-33(25)17-24(34)36-5-2)32(15-19-8-6-11-27-14-19)16-21-13-20-12-18(3)9-10-22(20)28-26(21)35/h6,8-14,23H,4-5,7,15-17H2,1-3H3,(H,28,35)/t23-/m1/s1. The van der Waals surface area contributed by atoms with Crippen molar-refractivity contribution in [1.82, 2.24) is 35.1 Å². The Hall–Kier alpha value is -3.92. The summed E-state index contributed by atoms with van der Waals surface area (Å²) in [5.41, 5.74) is 3.42. The van der Waals surface area contributed by atoms with Crippen LogP contribution in [0.4, 0.5) is 0 Å². The average Bonchev–Trinajstić information content (AvgIpc) is 3.31. The molecule has 0 radical (unpaired) electrons. The molecule has 10 nitrogen and oxygen atoms in total. The fourth-order valence-corrected chi connectivity index (χ4v) is 4.35. The summed E-state index contributed by atoms with van der Waals surface area (Å²) < 4.78 is 6.59. The predicted octanol–water partition coefficient (Wildman–Crippen LogP) is 3.32. The summed E-state index contributed by atoms with van der Waals surface area (Å²) >= 11 is 0. The zero-order valence-electron chi connectivity index (χ0n) is 20.8. The molecular formula is C26H31N7O3. The molecule has 0 bridgehead atoms. The molecule has 1 N–H and O–H groups in total. The van der Waals surface area contributed by atoms with Crippen molar-refractivity contribution in [2.75, 3.05) is 6.61 Å². The number of aromatic nitrogens is 6. The molecule has 0 amide bonds. The summed E-state index contributed by atoms with van der Waals surface area (Å²) in [6.45, 7) is 6.97. The Labute approximate surface area is 209 Å². The molecule has 0 fully saturated rings. The Morgan fingerprint density at radius 2 is 2.06 bits per heavy atom. The van der Waals surface area contributed by atoms with Gasteiger partial charge in [-0.25, -0.2) is 4.68 Å². The van der Waals surface area contributed by atoms with Crippen molar-refractivity contribution in [2.45, 2.75) is 59.3 Å². The van der Waals surface area contributed by atoms with Gasteiger partial charge in [0.25, 0.3) is 5.56 Å². The molecule has 0 unspecified atom stereocenters. The first-order chi connectivity index (χ1) is 17.5. The van der Waals surface area contributed by atoms with Gasteiger partial charge in [-0.3, -0.25) is 19.5 Å². The van der Waals surface area contributed by atoms with E-state index in [1.165, 1.54) is 4.68 Å². The van der Waals surface area contributed by atoms with E-state index in [1.54, 1.807) is 13.1 Å². The number of rotatable bonds is 11. The monoisotopic (exact) mass is 489 g/mol. The smallest absolute Gasteiger partial charge is 0.327 e. The molecule has 1 atom stereocenters.